The molecule has 4 rings (SSSR count). The molecule has 0 aliphatic carbocycles. The van der Waals surface area contributed by atoms with Gasteiger partial charge in [-0.3, -0.25) is 4.79 Å². The maximum Gasteiger partial charge on any atom is 0.338 e. The van der Waals surface area contributed by atoms with Gasteiger partial charge in [0, 0.05) is 13.7 Å². The first-order valence-corrected chi connectivity index (χ1v) is 11.1. The van der Waals surface area contributed by atoms with E-state index in [4.69, 9.17) is 18.9 Å². The zero-order chi connectivity index (χ0) is 22.7. The van der Waals surface area contributed by atoms with E-state index in [0.29, 0.717) is 41.6 Å². The number of amides is 1. The van der Waals surface area contributed by atoms with Crippen molar-refractivity contribution in [3.8, 4) is 11.5 Å². The summed E-state index contributed by atoms with van der Waals surface area (Å²) in [7, 11) is 1.61. The van der Waals surface area contributed by atoms with Crippen molar-refractivity contribution < 1.29 is 28.5 Å². The van der Waals surface area contributed by atoms with E-state index in [2.05, 4.69) is 4.99 Å². The Morgan fingerprint density at radius 2 is 1.91 bits per heavy atom. The summed E-state index contributed by atoms with van der Waals surface area (Å²) >= 11 is 1.32. The Morgan fingerprint density at radius 1 is 1.16 bits per heavy atom. The maximum absolute atomic E-state index is 13.1. The summed E-state index contributed by atoms with van der Waals surface area (Å²) in [6.45, 7) is 4.79. The topological polar surface area (TPSA) is 88.4 Å². The summed E-state index contributed by atoms with van der Waals surface area (Å²) in [6.07, 6.45) is -1.35. The molecule has 1 aliphatic rings. The number of rotatable bonds is 6. The van der Waals surface area contributed by atoms with Gasteiger partial charge in [0.05, 0.1) is 29.0 Å². The molecule has 0 saturated heterocycles. The predicted molar refractivity (Wildman–Crippen MR) is 119 cm³/mol. The lowest BCUT2D eigenvalue weighted by Gasteiger charge is -2.29. The van der Waals surface area contributed by atoms with Gasteiger partial charge in [-0.05, 0) is 44.2 Å². The first-order valence-electron chi connectivity index (χ1n) is 10.3. The molecule has 3 aromatic rings. The van der Waals surface area contributed by atoms with E-state index >= 15 is 0 Å². The number of para-hydroxylation sites is 2. The normalized spacial score (nSPS) is 18.0. The fraction of sp³-hybridized carbons (Fsp3) is 0.348. The molecule has 2 atom stereocenters. The average molecular weight is 457 g/mol. The van der Waals surface area contributed by atoms with Crippen molar-refractivity contribution in [2.45, 2.75) is 32.6 Å². The molecule has 0 radical (unpaired) electrons. The van der Waals surface area contributed by atoms with Gasteiger partial charge in [-0.1, -0.05) is 23.5 Å². The number of methoxy groups -OCH3 is 1. The lowest BCUT2D eigenvalue weighted by molar-refractivity contribution is -0.130. The van der Waals surface area contributed by atoms with Crippen LogP contribution in [0.15, 0.2) is 47.5 Å². The number of fused-ring (bicyclic) bond motifs is 2. The molecular formula is C23H24N2O6S. The van der Waals surface area contributed by atoms with E-state index in [-0.39, 0.29) is 5.97 Å². The van der Waals surface area contributed by atoms with Crippen LogP contribution in [0.5, 0.6) is 11.5 Å². The molecule has 0 N–H and O–H groups in total. The molecule has 2 aromatic carbocycles. The number of aromatic nitrogens is 1. The fourth-order valence-electron chi connectivity index (χ4n) is 3.45. The van der Waals surface area contributed by atoms with Crippen LogP contribution >= 0.6 is 11.3 Å². The lowest BCUT2D eigenvalue weighted by Crippen LogP contribution is -2.43. The van der Waals surface area contributed by atoms with Gasteiger partial charge >= 0.3 is 5.97 Å². The van der Waals surface area contributed by atoms with E-state index in [0.717, 1.165) is 10.2 Å². The lowest BCUT2D eigenvalue weighted by atomic mass is 10.1. The van der Waals surface area contributed by atoms with Crippen molar-refractivity contribution in [1.29, 1.82) is 0 Å². The van der Waals surface area contributed by atoms with Crippen LogP contribution in [0.4, 0.5) is 0 Å². The molecule has 2 heterocycles. The standard InChI is InChI=1S/C23H24N2O6S/c1-4-29-22(27)15-9-10-16-19(13-15)32-23(25(16)11-12-28-3)24-21(26)20-14(2)30-17-7-5-6-8-18(17)31-20/h5-10,13-14,20H,4,11-12H2,1-3H3. The van der Waals surface area contributed by atoms with E-state index < -0.39 is 18.1 Å². The Hall–Kier alpha value is -3.17. The number of esters is 1. The van der Waals surface area contributed by atoms with Gasteiger partial charge in [0.25, 0.3) is 5.91 Å². The van der Waals surface area contributed by atoms with Crippen LogP contribution in [0.1, 0.15) is 24.2 Å². The Labute approximate surface area is 189 Å². The van der Waals surface area contributed by atoms with Gasteiger partial charge in [-0.15, -0.1) is 0 Å². The minimum Gasteiger partial charge on any atom is -0.482 e. The predicted octanol–water partition coefficient (Wildman–Crippen LogP) is 3.18. The van der Waals surface area contributed by atoms with E-state index in [1.54, 1.807) is 45.2 Å². The van der Waals surface area contributed by atoms with Gasteiger partial charge in [0.1, 0.15) is 6.10 Å². The van der Waals surface area contributed by atoms with Crippen LogP contribution in [0.3, 0.4) is 0 Å². The minimum atomic E-state index is -0.860. The van der Waals surface area contributed by atoms with Crippen LogP contribution in [0, 0.1) is 0 Å². The highest BCUT2D eigenvalue weighted by molar-refractivity contribution is 7.16. The fourth-order valence-corrected chi connectivity index (χ4v) is 4.55. The van der Waals surface area contributed by atoms with Crippen LogP contribution < -0.4 is 14.3 Å². The number of ether oxygens (including phenoxy) is 4. The third-order valence-corrected chi connectivity index (χ3v) is 6.05. The summed E-state index contributed by atoms with van der Waals surface area (Å²) in [5.74, 6) is 0.297. The summed E-state index contributed by atoms with van der Waals surface area (Å²) in [5.41, 5.74) is 1.30. The molecule has 2 unspecified atom stereocenters. The summed E-state index contributed by atoms with van der Waals surface area (Å²) in [6, 6.07) is 12.5. The monoisotopic (exact) mass is 456 g/mol. The van der Waals surface area contributed by atoms with Crippen LogP contribution in [0.25, 0.3) is 10.2 Å². The Bertz CT molecular complexity index is 1210. The van der Waals surface area contributed by atoms with Gasteiger partial charge in [-0.2, -0.15) is 4.99 Å². The number of benzene rings is 2. The Balaban J connectivity index is 1.71. The van der Waals surface area contributed by atoms with E-state index in [9.17, 15) is 9.59 Å². The second kappa shape index (κ2) is 9.54. The average Bonchev–Trinajstić information content (AvgIpc) is 3.13. The van der Waals surface area contributed by atoms with Crippen molar-refractivity contribution >= 4 is 33.4 Å². The molecule has 8 nitrogen and oxygen atoms in total. The number of hydrogen-bond donors (Lipinski definition) is 0. The van der Waals surface area contributed by atoms with Crippen LogP contribution in [-0.4, -0.2) is 49.0 Å². The van der Waals surface area contributed by atoms with Gasteiger partial charge in [-0.25, -0.2) is 4.79 Å². The number of thiazole rings is 1. The van der Waals surface area contributed by atoms with Gasteiger partial charge < -0.3 is 23.5 Å². The molecule has 0 saturated carbocycles. The third kappa shape index (κ3) is 4.39. The number of hydrogen-bond acceptors (Lipinski definition) is 7. The van der Waals surface area contributed by atoms with Crippen molar-refractivity contribution in [3.63, 3.8) is 0 Å². The molecule has 32 heavy (non-hydrogen) atoms. The van der Waals surface area contributed by atoms with E-state index in [1.807, 2.05) is 22.8 Å². The highest BCUT2D eigenvalue weighted by Gasteiger charge is 2.34. The maximum atomic E-state index is 13.1. The molecule has 1 aromatic heterocycles. The molecule has 0 fully saturated rings. The Kier molecular flexibility index (Phi) is 6.57. The number of carbonyl (C=O) groups is 2. The van der Waals surface area contributed by atoms with Crippen LogP contribution in [0.2, 0.25) is 0 Å². The van der Waals surface area contributed by atoms with Crippen LogP contribution in [-0.2, 0) is 20.8 Å². The summed E-state index contributed by atoms with van der Waals surface area (Å²) in [5, 5.41) is 0. The molecule has 1 aliphatic heterocycles. The SMILES string of the molecule is CCOC(=O)c1ccc2c(c1)sc(=NC(=O)C1Oc3ccccc3OC1C)n2CCOC. The van der Waals surface area contributed by atoms with Gasteiger partial charge in [0.2, 0.25) is 6.10 Å². The van der Waals surface area contributed by atoms with Crippen molar-refractivity contribution in [3.05, 3.63) is 52.8 Å². The van der Waals surface area contributed by atoms with Crippen molar-refractivity contribution in [2.24, 2.45) is 4.99 Å². The largest absolute Gasteiger partial charge is 0.482 e. The zero-order valence-corrected chi connectivity index (χ0v) is 18.9. The smallest absolute Gasteiger partial charge is 0.338 e. The summed E-state index contributed by atoms with van der Waals surface area (Å²) < 4.78 is 24.8. The Morgan fingerprint density at radius 3 is 2.62 bits per heavy atom. The molecular weight excluding hydrogens is 432 g/mol. The van der Waals surface area contributed by atoms with Gasteiger partial charge in [0.15, 0.2) is 16.3 Å². The molecule has 1 amide bonds. The minimum absolute atomic E-state index is 0.301. The molecule has 168 valence electrons. The summed E-state index contributed by atoms with van der Waals surface area (Å²) in [4.78, 5) is 30.1. The number of nitrogens with zero attached hydrogens (tertiary/aromatic N) is 2. The highest BCUT2D eigenvalue weighted by atomic mass is 32.1. The molecule has 0 bridgehead atoms. The molecule has 9 heteroatoms. The van der Waals surface area contributed by atoms with Crippen molar-refractivity contribution in [2.75, 3.05) is 20.3 Å². The number of carbonyl (C=O) groups excluding carboxylic acids is 2. The first kappa shape index (κ1) is 22.0. The second-order valence-corrected chi connectivity index (χ2v) is 8.20. The van der Waals surface area contributed by atoms with Crippen molar-refractivity contribution in [1.82, 2.24) is 4.57 Å². The highest BCUT2D eigenvalue weighted by Crippen LogP contribution is 2.33. The third-order valence-electron chi connectivity index (χ3n) is 5.00. The second-order valence-electron chi connectivity index (χ2n) is 7.19. The first-order chi connectivity index (χ1) is 15.5. The quantitative estimate of drug-likeness (QED) is 0.530. The van der Waals surface area contributed by atoms with E-state index in [1.165, 1.54) is 11.3 Å². The molecule has 0 spiro atoms. The zero-order valence-electron chi connectivity index (χ0n) is 18.1.